The number of imide groups is 1. The number of piperidine rings is 2. The largest absolute Gasteiger partial charge is 0.490 e. The van der Waals surface area contributed by atoms with Crippen LogP contribution >= 0.6 is 11.6 Å². The van der Waals surface area contributed by atoms with Crippen LogP contribution in [0.2, 0.25) is 5.02 Å². The number of fused-ring (bicyclic) bond motifs is 3. The van der Waals surface area contributed by atoms with Gasteiger partial charge in [-0.15, -0.1) is 10.2 Å². The van der Waals surface area contributed by atoms with E-state index in [0.29, 0.717) is 52.9 Å². The fraction of sp³-hybridized carbons (Fsp3) is 0.432. The van der Waals surface area contributed by atoms with Gasteiger partial charge in [-0.3, -0.25) is 29.4 Å². The summed E-state index contributed by atoms with van der Waals surface area (Å²) in [5.41, 5.74) is 2.11. The molecule has 3 unspecified atom stereocenters. The molecule has 0 radical (unpaired) electrons. The van der Waals surface area contributed by atoms with E-state index < -0.39 is 23.7 Å². The molecule has 0 spiro atoms. The number of ether oxygens (including phenoxy) is 1. The molecule has 4 saturated heterocycles. The summed E-state index contributed by atoms with van der Waals surface area (Å²) < 4.78 is 21.4. The standard InChI is InChI=1S/C37H36ClFN8O5/c38-29-13-27(4-1-20(29)15-40)52-26-5-2-23(3-6-26)41-35(49)31-7-9-33(44-43-31)45-18-24-12-25(19-45)46(24)17-22-11-21-16-47(37(51)28(21)14-30(22)39)32-8-10-34(48)42-36(32)50/h1,4,7,9,11,13-14,23-26,32H,2-3,5-6,8,10,12,16-19H2,(H,41,49)(H,42,48,50). The number of carbonyl (C=O) groups excluding carboxylic acids is 4. The number of nitriles is 1. The van der Waals surface area contributed by atoms with Crippen LogP contribution in [0.15, 0.2) is 42.5 Å². The van der Waals surface area contributed by atoms with E-state index in [1.807, 2.05) is 12.1 Å². The molecule has 3 atom stereocenters. The van der Waals surface area contributed by atoms with Crippen LogP contribution in [-0.4, -0.2) is 87.0 Å². The minimum atomic E-state index is -0.745. The van der Waals surface area contributed by atoms with Gasteiger partial charge in [0, 0.05) is 67.9 Å². The van der Waals surface area contributed by atoms with Crippen molar-refractivity contribution in [1.29, 1.82) is 5.26 Å². The van der Waals surface area contributed by atoms with E-state index in [1.54, 1.807) is 30.3 Å². The average Bonchev–Trinajstić information content (AvgIpc) is 3.45. The third-order valence-electron chi connectivity index (χ3n) is 11.0. The molecule has 3 aromatic rings. The van der Waals surface area contributed by atoms with E-state index in [2.05, 4.69) is 30.6 Å². The second-order valence-electron chi connectivity index (χ2n) is 14.2. The average molecular weight is 727 g/mol. The Kier molecular flexibility index (Phi) is 9.00. The Morgan fingerprint density at radius 1 is 1.04 bits per heavy atom. The molecule has 5 fully saturated rings. The Morgan fingerprint density at radius 2 is 1.83 bits per heavy atom. The molecule has 6 aliphatic rings. The smallest absolute Gasteiger partial charge is 0.272 e. The summed E-state index contributed by atoms with van der Waals surface area (Å²) in [5.74, 6) is -0.650. The third kappa shape index (κ3) is 6.54. The summed E-state index contributed by atoms with van der Waals surface area (Å²) in [6.45, 7) is 1.97. The van der Waals surface area contributed by atoms with E-state index in [-0.39, 0.29) is 66.7 Å². The van der Waals surface area contributed by atoms with Crippen LogP contribution in [-0.2, 0) is 22.7 Å². The first kappa shape index (κ1) is 34.0. The third-order valence-corrected chi connectivity index (χ3v) is 11.3. The minimum Gasteiger partial charge on any atom is -0.490 e. The predicted molar refractivity (Wildman–Crippen MR) is 185 cm³/mol. The van der Waals surface area contributed by atoms with Crippen LogP contribution in [0.4, 0.5) is 10.2 Å². The Morgan fingerprint density at radius 3 is 2.52 bits per heavy atom. The first-order valence-electron chi connectivity index (χ1n) is 17.6. The highest BCUT2D eigenvalue weighted by atomic mass is 35.5. The molecular formula is C37H36ClFN8O5. The van der Waals surface area contributed by atoms with E-state index in [9.17, 15) is 19.2 Å². The number of rotatable bonds is 8. The fourth-order valence-electron chi connectivity index (χ4n) is 8.14. The topological polar surface area (TPSA) is 161 Å². The normalized spacial score (nSPS) is 25.6. The van der Waals surface area contributed by atoms with Gasteiger partial charge < -0.3 is 19.9 Å². The number of nitrogens with zero attached hydrogens (tertiary/aromatic N) is 6. The van der Waals surface area contributed by atoms with E-state index in [4.69, 9.17) is 21.6 Å². The van der Waals surface area contributed by atoms with Crippen molar-refractivity contribution in [2.24, 2.45) is 0 Å². The Labute approximate surface area is 304 Å². The van der Waals surface area contributed by atoms with Gasteiger partial charge in [0.05, 0.1) is 16.7 Å². The van der Waals surface area contributed by atoms with Gasteiger partial charge in [0.15, 0.2) is 11.5 Å². The molecule has 9 rings (SSSR count). The number of hydrogen-bond donors (Lipinski definition) is 2. The van der Waals surface area contributed by atoms with Crippen LogP contribution in [0.25, 0.3) is 0 Å². The van der Waals surface area contributed by atoms with Gasteiger partial charge in [-0.25, -0.2) is 4.39 Å². The molecule has 6 heterocycles. The number of piperazine rings is 1. The van der Waals surface area contributed by atoms with Gasteiger partial charge in [-0.2, -0.15) is 5.26 Å². The second kappa shape index (κ2) is 13.8. The van der Waals surface area contributed by atoms with Gasteiger partial charge >= 0.3 is 0 Å². The van der Waals surface area contributed by atoms with Gasteiger partial charge in [0.1, 0.15) is 23.7 Å². The first-order chi connectivity index (χ1) is 25.1. The number of halogens is 2. The summed E-state index contributed by atoms with van der Waals surface area (Å²) in [6.07, 6.45) is 4.44. The number of aromatic nitrogens is 2. The minimum absolute atomic E-state index is 0.00107. The highest BCUT2D eigenvalue weighted by Crippen LogP contribution is 2.37. The summed E-state index contributed by atoms with van der Waals surface area (Å²) in [6, 6.07) is 13.2. The van der Waals surface area contributed by atoms with Crippen LogP contribution in [0.1, 0.15) is 82.5 Å². The van der Waals surface area contributed by atoms with Gasteiger partial charge in [0.25, 0.3) is 11.8 Å². The maximum absolute atomic E-state index is 15.3. The molecule has 13 nitrogen and oxygen atoms in total. The van der Waals surface area contributed by atoms with Crippen LogP contribution in [0.3, 0.4) is 0 Å². The molecule has 52 heavy (non-hydrogen) atoms. The molecule has 1 aromatic heterocycles. The molecule has 2 aromatic carbocycles. The monoisotopic (exact) mass is 726 g/mol. The molecule has 1 aliphatic carbocycles. The lowest BCUT2D eigenvalue weighted by Gasteiger charge is -2.56. The van der Waals surface area contributed by atoms with Gasteiger partial charge in [-0.05, 0) is 80.5 Å². The number of nitrogens with one attached hydrogen (secondary N) is 2. The van der Waals surface area contributed by atoms with Crippen molar-refractivity contribution >= 4 is 41.0 Å². The van der Waals surface area contributed by atoms with E-state index in [0.717, 1.165) is 32.1 Å². The Balaban J connectivity index is 0.819. The zero-order valence-corrected chi connectivity index (χ0v) is 28.9. The summed E-state index contributed by atoms with van der Waals surface area (Å²) in [7, 11) is 0. The zero-order chi connectivity index (χ0) is 36.1. The highest BCUT2D eigenvalue weighted by molar-refractivity contribution is 6.31. The lowest BCUT2D eigenvalue weighted by atomic mass is 9.86. The highest BCUT2D eigenvalue weighted by Gasteiger charge is 2.46. The number of anilines is 1. The maximum atomic E-state index is 15.3. The Hall–Kier alpha value is -5.13. The van der Waals surface area contributed by atoms with Crippen molar-refractivity contribution in [2.45, 2.75) is 88.3 Å². The quantitative estimate of drug-likeness (QED) is 0.329. The lowest BCUT2D eigenvalue weighted by Crippen LogP contribution is -2.68. The van der Waals surface area contributed by atoms with Crippen molar-refractivity contribution in [1.82, 2.24) is 30.6 Å². The zero-order valence-electron chi connectivity index (χ0n) is 28.2. The maximum Gasteiger partial charge on any atom is 0.272 e. The number of benzene rings is 2. The predicted octanol–water partition coefficient (Wildman–Crippen LogP) is 3.48. The number of carbonyl (C=O) groups is 4. The molecule has 2 bridgehead atoms. The SMILES string of the molecule is N#Cc1ccc(OC2CCC(NC(=O)c3ccc(N4CC5CC(C4)N5Cc4cc5c(cc4F)C(=O)N(C4CCC(=O)NC4=O)C5)nn3)CC2)cc1Cl. The molecule has 1 saturated carbocycles. The summed E-state index contributed by atoms with van der Waals surface area (Å²) in [5, 5.41) is 23.4. The van der Waals surface area contributed by atoms with Crippen LogP contribution in [0, 0.1) is 17.1 Å². The number of amides is 4. The second-order valence-corrected chi connectivity index (χ2v) is 14.6. The van der Waals surface area contributed by atoms with Crippen molar-refractivity contribution in [2.75, 3.05) is 18.0 Å². The number of hydrogen-bond acceptors (Lipinski definition) is 10. The van der Waals surface area contributed by atoms with Crippen LogP contribution < -0.4 is 20.3 Å². The molecule has 5 aliphatic heterocycles. The van der Waals surface area contributed by atoms with Crippen molar-refractivity contribution < 1.29 is 28.3 Å². The molecule has 15 heteroatoms. The molecule has 2 N–H and O–H groups in total. The van der Waals surface area contributed by atoms with Gasteiger partial charge in [0.2, 0.25) is 11.8 Å². The summed E-state index contributed by atoms with van der Waals surface area (Å²) in [4.78, 5) is 55.9. The first-order valence-corrected chi connectivity index (χ1v) is 18.0. The van der Waals surface area contributed by atoms with Gasteiger partial charge in [-0.1, -0.05) is 11.6 Å². The van der Waals surface area contributed by atoms with Crippen molar-refractivity contribution in [3.05, 3.63) is 81.3 Å². The molecular weight excluding hydrogens is 691 g/mol. The van der Waals surface area contributed by atoms with Crippen LogP contribution in [0.5, 0.6) is 5.75 Å². The molecule has 268 valence electrons. The van der Waals surface area contributed by atoms with Crippen molar-refractivity contribution in [3.8, 4) is 11.8 Å². The summed E-state index contributed by atoms with van der Waals surface area (Å²) >= 11 is 6.13. The fourth-order valence-corrected chi connectivity index (χ4v) is 8.35. The Bertz CT molecular complexity index is 1990. The molecule has 4 amide bonds. The van der Waals surface area contributed by atoms with E-state index in [1.165, 1.54) is 11.0 Å². The van der Waals surface area contributed by atoms with Crippen molar-refractivity contribution in [3.63, 3.8) is 0 Å². The van der Waals surface area contributed by atoms with E-state index >= 15 is 4.39 Å². The lowest BCUT2D eigenvalue weighted by molar-refractivity contribution is -0.136.